The third kappa shape index (κ3) is 4.13. The van der Waals surface area contributed by atoms with Crippen molar-refractivity contribution in [3.8, 4) is 12.1 Å². The number of amides is 1. The number of benzene rings is 1. The van der Waals surface area contributed by atoms with E-state index in [4.69, 9.17) is 10.1 Å². The fourth-order valence-corrected chi connectivity index (χ4v) is 5.21. The molecule has 1 atom stereocenters. The van der Waals surface area contributed by atoms with Gasteiger partial charge in [-0.05, 0) is 61.4 Å². The van der Waals surface area contributed by atoms with Crippen molar-refractivity contribution in [3.05, 3.63) is 65.4 Å². The van der Waals surface area contributed by atoms with Crippen LogP contribution in [0.3, 0.4) is 0 Å². The first-order valence-corrected chi connectivity index (χ1v) is 11.6. The zero-order valence-electron chi connectivity index (χ0n) is 18.7. The first-order chi connectivity index (χ1) is 16.6. The van der Waals surface area contributed by atoms with Crippen molar-refractivity contribution in [2.75, 3.05) is 6.61 Å². The van der Waals surface area contributed by atoms with Crippen LogP contribution in [0, 0.1) is 40.3 Å². The number of nitrogens with zero attached hydrogens (tertiary/aromatic N) is 5. The van der Waals surface area contributed by atoms with Crippen molar-refractivity contribution in [3.63, 3.8) is 0 Å². The van der Waals surface area contributed by atoms with Gasteiger partial charge in [0.25, 0.3) is 0 Å². The molecule has 2 aliphatic rings. The van der Waals surface area contributed by atoms with Gasteiger partial charge in [0.15, 0.2) is 0 Å². The van der Waals surface area contributed by atoms with Crippen LogP contribution in [0.4, 0.5) is 4.39 Å². The number of hydrogen-bond acceptors (Lipinski definition) is 5. The van der Waals surface area contributed by atoms with E-state index >= 15 is 0 Å². The number of nitriles is 2. The zero-order valence-corrected chi connectivity index (χ0v) is 18.7. The number of aromatic nitrogens is 2. The Kier molecular flexibility index (Phi) is 6.00. The summed E-state index contributed by atoms with van der Waals surface area (Å²) in [6, 6.07) is 10.4. The van der Waals surface area contributed by atoms with Gasteiger partial charge in [-0.25, -0.2) is 9.45 Å². The molecule has 8 heteroatoms. The van der Waals surface area contributed by atoms with Gasteiger partial charge in [0, 0.05) is 42.9 Å². The Labute approximate surface area is 196 Å². The van der Waals surface area contributed by atoms with Crippen molar-refractivity contribution < 1.29 is 14.0 Å². The summed E-state index contributed by atoms with van der Waals surface area (Å²) < 4.78 is 16.3. The third-order valence-corrected chi connectivity index (χ3v) is 7.01. The summed E-state index contributed by atoms with van der Waals surface area (Å²) in [5, 5.41) is 20.4. The molecule has 1 aromatic carbocycles. The zero-order chi connectivity index (χ0) is 23.7. The summed E-state index contributed by atoms with van der Waals surface area (Å²) in [6.45, 7) is 1.19. The highest BCUT2D eigenvalue weighted by Gasteiger charge is 2.37. The molecule has 1 aliphatic heterocycles. The van der Waals surface area contributed by atoms with Gasteiger partial charge in [0.05, 0.1) is 35.4 Å². The van der Waals surface area contributed by atoms with Gasteiger partial charge in [0.1, 0.15) is 11.9 Å². The second-order valence-electron chi connectivity index (χ2n) is 9.11. The molecule has 0 spiro atoms. The van der Waals surface area contributed by atoms with Crippen LogP contribution in [-0.2, 0) is 16.2 Å². The number of pyridine rings is 1. The summed E-state index contributed by atoms with van der Waals surface area (Å²) in [5.41, 5.74) is 2.34. The van der Waals surface area contributed by atoms with Gasteiger partial charge in [-0.15, -0.1) is 0 Å². The molecule has 3 aromatic rings. The van der Waals surface area contributed by atoms with Crippen molar-refractivity contribution in [2.24, 2.45) is 11.8 Å². The molecule has 0 radical (unpaired) electrons. The highest BCUT2D eigenvalue weighted by molar-refractivity contribution is 5.82. The van der Waals surface area contributed by atoms with E-state index in [9.17, 15) is 14.4 Å². The fraction of sp³-hybridized carbons (Fsp3) is 0.385. The van der Waals surface area contributed by atoms with Crippen molar-refractivity contribution >= 4 is 16.8 Å². The molecular formula is C26H24FN5O2. The second-order valence-corrected chi connectivity index (χ2v) is 9.11. The van der Waals surface area contributed by atoms with Crippen molar-refractivity contribution in [2.45, 2.75) is 44.7 Å². The maximum absolute atomic E-state index is 14.3. The number of halogens is 1. The molecule has 172 valence electrons. The molecule has 0 unspecified atom stereocenters. The Bertz CT molecular complexity index is 1310. The number of hydroxylamine groups is 2. The summed E-state index contributed by atoms with van der Waals surface area (Å²) in [7, 11) is 0. The van der Waals surface area contributed by atoms with E-state index in [1.165, 1.54) is 17.3 Å². The van der Waals surface area contributed by atoms with Gasteiger partial charge in [-0.1, -0.05) is 0 Å². The van der Waals surface area contributed by atoms with Crippen LogP contribution in [0.15, 0.2) is 42.9 Å². The largest absolute Gasteiger partial charge is 0.347 e. The minimum atomic E-state index is -0.377. The Morgan fingerprint density at radius 3 is 2.65 bits per heavy atom. The molecule has 1 saturated heterocycles. The molecule has 1 amide bonds. The lowest BCUT2D eigenvalue weighted by Gasteiger charge is -2.32. The molecule has 2 fully saturated rings. The number of carbonyl (C=O) groups is 1. The second kappa shape index (κ2) is 9.24. The normalized spacial score (nSPS) is 22.4. The predicted molar refractivity (Wildman–Crippen MR) is 121 cm³/mol. The number of hydrogen-bond donors (Lipinski definition) is 0. The van der Waals surface area contributed by atoms with Gasteiger partial charge < -0.3 is 4.57 Å². The third-order valence-electron chi connectivity index (χ3n) is 7.01. The smallest absolute Gasteiger partial charge is 0.249 e. The highest BCUT2D eigenvalue weighted by atomic mass is 19.1. The van der Waals surface area contributed by atoms with Crippen LogP contribution in [0.1, 0.15) is 54.8 Å². The van der Waals surface area contributed by atoms with Gasteiger partial charge in [0.2, 0.25) is 5.91 Å². The van der Waals surface area contributed by atoms with E-state index in [0.29, 0.717) is 35.5 Å². The molecule has 0 bridgehead atoms. The highest BCUT2D eigenvalue weighted by Crippen LogP contribution is 2.37. The van der Waals surface area contributed by atoms with Crippen LogP contribution in [0.25, 0.3) is 10.9 Å². The van der Waals surface area contributed by atoms with E-state index in [1.807, 2.05) is 16.8 Å². The lowest BCUT2D eigenvalue weighted by molar-refractivity contribution is -0.183. The lowest BCUT2D eigenvalue weighted by Crippen LogP contribution is -2.37. The van der Waals surface area contributed by atoms with Gasteiger partial charge in [-0.3, -0.25) is 14.6 Å². The standard InChI is InChI=1S/C26H24FN5O2/c27-23-10-18(12-28)11-25-22(23)5-7-31(25)16-17-1-3-20(4-2-17)26(33)32-24(6-8-34-32)21-9-19(13-29)14-30-15-21/h5,7,9-11,14-15,17,20,24H,1-4,6,8,16H2/t17-,20-,24-/m0/s1. The van der Waals surface area contributed by atoms with Crippen LogP contribution < -0.4 is 0 Å². The Morgan fingerprint density at radius 2 is 1.88 bits per heavy atom. The fourth-order valence-electron chi connectivity index (χ4n) is 5.21. The van der Waals surface area contributed by atoms with Crippen LogP contribution in [-0.4, -0.2) is 27.1 Å². The number of rotatable bonds is 4. The van der Waals surface area contributed by atoms with Gasteiger partial charge in [-0.2, -0.15) is 10.5 Å². The molecular weight excluding hydrogens is 433 g/mol. The van der Waals surface area contributed by atoms with Crippen LogP contribution >= 0.6 is 0 Å². The average Bonchev–Trinajstić information content (AvgIpc) is 3.52. The summed E-state index contributed by atoms with van der Waals surface area (Å²) >= 11 is 0. The Morgan fingerprint density at radius 1 is 1.09 bits per heavy atom. The molecule has 3 heterocycles. The topological polar surface area (TPSA) is 94.9 Å². The number of fused-ring (bicyclic) bond motifs is 1. The Hall–Kier alpha value is -3.75. The maximum atomic E-state index is 14.3. The summed E-state index contributed by atoms with van der Waals surface area (Å²) in [6.07, 6.45) is 9.07. The quantitative estimate of drug-likeness (QED) is 0.569. The minimum Gasteiger partial charge on any atom is -0.347 e. The van der Waals surface area contributed by atoms with E-state index in [0.717, 1.165) is 43.3 Å². The maximum Gasteiger partial charge on any atom is 0.249 e. The Balaban J connectivity index is 1.23. The first-order valence-electron chi connectivity index (χ1n) is 11.6. The summed E-state index contributed by atoms with van der Waals surface area (Å²) in [4.78, 5) is 23.1. The first kappa shape index (κ1) is 22.1. The lowest BCUT2D eigenvalue weighted by atomic mass is 9.81. The SMILES string of the molecule is N#Cc1cncc([C@@H]2CCON2C(=O)[C@H]2CC[C@H](Cn3ccc4c(F)cc(C#N)cc43)CC2)c1. The number of carbonyl (C=O) groups excluding carboxylic acids is 1. The van der Waals surface area contributed by atoms with Crippen molar-refractivity contribution in [1.29, 1.82) is 10.5 Å². The molecule has 7 nitrogen and oxygen atoms in total. The molecule has 0 N–H and O–H groups in total. The molecule has 2 aromatic heterocycles. The van der Waals surface area contributed by atoms with Gasteiger partial charge >= 0.3 is 0 Å². The van der Waals surface area contributed by atoms with E-state index < -0.39 is 0 Å². The molecule has 1 aliphatic carbocycles. The molecule has 5 rings (SSSR count). The van der Waals surface area contributed by atoms with E-state index in [2.05, 4.69) is 11.1 Å². The van der Waals surface area contributed by atoms with E-state index in [1.54, 1.807) is 24.4 Å². The predicted octanol–water partition coefficient (Wildman–Crippen LogP) is 4.63. The molecule has 34 heavy (non-hydrogen) atoms. The average molecular weight is 458 g/mol. The van der Waals surface area contributed by atoms with E-state index in [-0.39, 0.29) is 23.7 Å². The minimum absolute atomic E-state index is 0.00421. The van der Waals surface area contributed by atoms with Crippen LogP contribution in [0.2, 0.25) is 0 Å². The molecule has 1 saturated carbocycles. The summed E-state index contributed by atoms with van der Waals surface area (Å²) in [5.74, 6) is -0.110. The van der Waals surface area contributed by atoms with Crippen LogP contribution in [0.5, 0.6) is 0 Å². The van der Waals surface area contributed by atoms with Crippen molar-refractivity contribution in [1.82, 2.24) is 14.6 Å². The monoisotopic (exact) mass is 457 g/mol.